The van der Waals surface area contributed by atoms with E-state index >= 15 is 0 Å². The molecule has 0 spiro atoms. The van der Waals surface area contributed by atoms with Gasteiger partial charge in [0.2, 0.25) is 0 Å². The van der Waals surface area contributed by atoms with Gasteiger partial charge in [0.1, 0.15) is 11.2 Å². The van der Waals surface area contributed by atoms with Gasteiger partial charge in [-0.25, -0.2) is 15.0 Å². The van der Waals surface area contributed by atoms with Crippen molar-refractivity contribution in [2.24, 2.45) is 5.92 Å². The van der Waals surface area contributed by atoms with Crippen LogP contribution in [0.3, 0.4) is 0 Å². The maximum absolute atomic E-state index is 6.57. The average Bonchev–Trinajstić information content (AvgIpc) is 3.69. The van der Waals surface area contributed by atoms with Crippen molar-refractivity contribution in [1.82, 2.24) is 15.0 Å². The standard InChI is InChI=1S/C55H39N3O/c1-2-12-34(13-3-1)37-23-24-39-31-41(26-25-38(39)30-37)44-28-29-50-51(47-20-10-11-21-49(47)59-50)52(44)55-57-53(42-27-22-35-14-4-5-15-36(35)32-42)56-54(58-55)48-33-40-16-6-7-17-43(40)45-18-8-9-19-46(45)48/h1-2,4,6-12,14,16-31,33,36H,3,5,13,15,32H2. The van der Waals surface area contributed by atoms with Gasteiger partial charge < -0.3 is 4.42 Å². The molecule has 0 saturated heterocycles. The van der Waals surface area contributed by atoms with Gasteiger partial charge in [0.05, 0.1) is 0 Å². The van der Waals surface area contributed by atoms with Gasteiger partial charge in [-0.3, -0.25) is 0 Å². The van der Waals surface area contributed by atoms with E-state index < -0.39 is 0 Å². The fourth-order valence-corrected chi connectivity index (χ4v) is 9.66. The first-order chi connectivity index (χ1) is 29.2. The van der Waals surface area contributed by atoms with Gasteiger partial charge in [0.25, 0.3) is 0 Å². The highest BCUT2D eigenvalue weighted by molar-refractivity contribution is 6.16. The topological polar surface area (TPSA) is 51.8 Å². The summed E-state index contributed by atoms with van der Waals surface area (Å²) < 4.78 is 6.57. The fraction of sp³-hybridized carbons (Fsp3) is 0.109. The van der Waals surface area contributed by atoms with Crippen LogP contribution < -0.4 is 0 Å². The van der Waals surface area contributed by atoms with Crippen LogP contribution in [0, 0.1) is 5.92 Å². The largest absolute Gasteiger partial charge is 0.456 e. The third-order valence-electron chi connectivity index (χ3n) is 12.6. The number of para-hydroxylation sites is 1. The van der Waals surface area contributed by atoms with E-state index in [1.165, 1.54) is 38.3 Å². The molecule has 0 fully saturated rings. The van der Waals surface area contributed by atoms with Crippen LogP contribution in [0.15, 0.2) is 180 Å². The highest BCUT2D eigenvalue weighted by Crippen LogP contribution is 2.44. The van der Waals surface area contributed by atoms with Crippen LogP contribution in [-0.4, -0.2) is 15.0 Å². The number of aromatic nitrogens is 3. The molecular formula is C55H39N3O. The predicted molar refractivity (Wildman–Crippen MR) is 245 cm³/mol. The second kappa shape index (κ2) is 13.7. The third-order valence-corrected chi connectivity index (χ3v) is 12.6. The molecule has 2 aromatic heterocycles. The van der Waals surface area contributed by atoms with Crippen molar-refractivity contribution in [2.45, 2.75) is 32.1 Å². The Morgan fingerprint density at radius 1 is 0.508 bits per heavy atom. The van der Waals surface area contributed by atoms with Crippen LogP contribution in [0.1, 0.15) is 43.5 Å². The van der Waals surface area contributed by atoms with Crippen LogP contribution >= 0.6 is 0 Å². The molecule has 9 aromatic rings. The lowest BCUT2D eigenvalue weighted by Crippen LogP contribution is -2.12. The summed E-state index contributed by atoms with van der Waals surface area (Å²) in [6.07, 6.45) is 21.0. The minimum Gasteiger partial charge on any atom is -0.456 e. The first-order valence-corrected chi connectivity index (χ1v) is 20.8. The number of allylic oxidation sites excluding steroid dienone is 10. The molecule has 59 heavy (non-hydrogen) atoms. The van der Waals surface area contributed by atoms with E-state index in [-0.39, 0.29) is 0 Å². The predicted octanol–water partition coefficient (Wildman–Crippen LogP) is 14.6. The molecule has 1 atom stereocenters. The molecule has 1 unspecified atom stereocenters. The van der Waals surface area contributed by atoms with Gasteiger partial charge in [-0.15, -0.1) is 0 Å². The number of hydrogen-bond donors (Lipinski definition) is 0. The van der Waals surface area contributed by atoms with E-state index in [1.54, 1.807) is 0 Å². The number of hydrogen-bond acceptors (Lipinski definition) is 4. The Bertz CT molecular complexity index is 3370. The van der Waals surface area contributed by atoms with E-state index in [1.807, 2.05) is 12.1 Å². The molecular weight excluding hydrogens is 719 g/mol. The Labute approximate surface area is 342 Å². The van der Waals surface area contributed by atoms with Crippen LogP contribution in [0.5, 0.6) is 0 Å². The second-order valence-corrected chi connectivity index (χ2v) is 16.1. The van der Waals surface area contributed by atoms with Crippen molar-refractivity contribution in [3.8, 4) is 33.9 Å². The minimum atomic E-state index is 0.450. The number of nitrogens with zero attached hydrogens (tertiary/aromatic N) is 3. The van der Waals surface area contributed by atoms with Crippen molar-refractivity contribution in [3.63, 3.8) is 0 Å². The SMILES string of the molecule is C1=CCCC(c2ccc3cc(-c4ccc5oc6ccccc6c5c4-c4nc(C5=CC=C6C=CCCC6C5)nc(-c5cc6ccccc6c6ccccc56)n4)ccc3c2)=C1. The lowest BCUT2D eigenvalue weighted by atomic mass is 9.81. The fourth-order valence-electron chi connectivity index (χ4n) is 9.66. The molecule has 280 valence electrons. The Hall–Kier alpha value is -7.17. The van der Waals surface area contributed by atoms with E-state index in [0.717, 1.165) is 98.5 Å². The summed E-state index contributed by atoms with van der Waals surface area (Å²) in [6, 6.07) is 45.8. The van der Waals surface area contributed by atoms with Gasteiger partial charge in [-0.1, -0.05) is 134 Å². The van der Waals surface area contributed by atoms with E-state index in [4.69, 9.17) is 19.4 Å². The number of fused-ring (bicyclic) bond motifs is 8. The van der Waals surface area contributed by atoms with Gasteiger partial charge in [-0.05, 0) is 140 Å². The van der Waals surface area contributed by atoms with Crippen LogP contribution in [-0.2, 0) is 0 Å². The molecule has 0 amide bonds. The molecule has 3 aliphatic carbocycles. The zero-order valence-corrected chi connectivity index (χ0v) is 32.5. The molecule has 0 saturated carbocycles. The summed E-state index contributed by atoms with van der Waals surface area (Å²) in [5, 5.41) is 9.13. The monoisotopic (exact) mass is 757 g/mol. The summed E-state index contributed by atoms with van der Waals surface area (Å²) in [6.45, 7) is 0. The summed E-state index contributed by atoms with van der Waals surface area (Å²) in [5.41, 5.74) is 11.0. The molecule has 3 aliphatic rings. The van der Waals surface area contributed by atoms with E-state index in [2.05, 4.69) is 158 Å². The van der Waals surface area contributed by atoms with Crippen molar-refractivity contribution < 1.29 is 4.42 Å². The summed E-state index contributed by atoms with van der Waals surface area (Å²) in [7, 11) is 0. The third kappa shape index (κ3) is 5.78. The Balaban J connectivity index is 1.13. The maximum Gasteiger partial charge on any atom is 0.165 e. The first-order valence-electron chi connectivity index (χ1n) is 20.8. The molecule has 0 N–H and O–H groups in total. The molecule has 4 nitrogen and oxygen atoms in total. The quantitative estimate of drug-likeness (QED) is 0.164. The highest BCUT2D eigenvalue weighted by Gasteiger charge is 2.26. The zero-order chi connectivity index (χ0) is 38.9. The summed E-state index contributed by atoms with van der Waals surface area (Å²) in [4.78, 5) is 16.4. The van der Waals surface area contributed by atoms with Crippen molar-refractivity contribution in [2.75, 3.05) is 0 Å². The number of benzene rings is 7. The molecule has 0 bridgehead atoms. The number of rotatable bonds is 5. The lowest BCUT2D eigenvalue weighted by molar-refractivity contribution is 0.571. The summed E-state index contributed by atoms with van der Waals surface area (Å²) >= 11 is 0. The van der Waals surface area contributed by atoms with E-state index in [9.17, 15) is 0 Å². The van der Waals surface area contributed by atoms with Crippen LogP contribution in [0.25, 0.3) is 99.3 Å². The van der Waals surface area contributed by atoms with Crippen molar-refractivity contribution in [1.29, 1.82) is 0 Å². The Kier molecular flexibility index (Phi) is 7.90. The molecule has 2 heterocycles. The lowest BCUT2D eigenvalue weighted by Gasteiger charge is -2.25. The van der Waals surface area contributed by atoms with Crippen molar-refractivity contribution >= 4 is 65.4 Å². The Morgan fingerprint density at radius 2 is 1.27 bits per heavy atom. The van der Waals surface area contributed by atoms with Gasteiger partial charge in [0.15, 0.2) is 17.5 Å². The average molecular weight is 758 g/mol. The molecule has 0 radical (unpaired) electrons. The highest BCUT2D eigenvalue weighted by atomic mass is 16.3. The van der Waals surface area contributed by atoms with E-state index in [0.29, 0.717) is 17.6 Å². The molecule has 12 rings (SSSR count). The number of furan rings is 1. The smallest absolute Gasteiger partial charge is 0.165 e. The van der Waals surface area contributed by atoms with Gasteiger partial charge in [0, 0.05) is 21.9 Å². The Morgan fingerprint density at radius 3 is 2.15 bits per heavy atom. The van der Waals surface area contributed by atoms with Crippen LogP contribution in [0.2, 0.25) is 0 Å². The normalized spacial score (nSPS) is 16.5. The second-order valence-electron chi connectivity index (χ2n) is 16.1. The first kappa shape index (κ1) is 33.9. The molecule has 7 aromatic carbocycles. The van der Waals surface area contributed by atoms with Crippen molar-refractivity contribution in [3.05, 3.63) is 187 Å². The molecule has 0 aliphatic heterocycles. The molecule has 4 heteroatoms. The van der Waals surface area contributed by atoms with Crippen LogP contribution in [0.4, 0.5) is 0 Å². The zero-order valence-electron chi connectivity index (χ0n) is 32.5. The summed E-state index contributed by atoms with van der Waals surface area (Å²) in [5.74, 6) is 2.48. The minimum absolute atomic E-state index is 0.450. The maximum atomic E-state index is 6.57. The van der Waals surface area contributed by atoms with Gasteiger partial charge in [-0.2, -0.15) is 0 Å². The van der Waals surface area contributed by atoms with Gasteiger partial charge >= 0.3 is 0 Å².